The molecule has 0 fully saturated rings. The zero-order valence-electron chi connectivity index (χ0n) is 13.6. The Morgan fingerprint density at radius 2 is 1.92 bits per heavy atom. The molecule has 0 unspecified atom stereocenters. The molecule has 0 spiro atoms. The first kappa shape index (κ1) is 19.3. The Morgan fingerprint density at radius 1 is 1.19 bits per heavy atom. The van der Waals surface area contributed by atoms with Crippen molar-refractivity contribution in [3.63, 3.8) is 0 Å². The summed E-state index contributed by atoms with van der Waals surface area (Å²) < 4.78 is 47.9. The second kappa shape index (κ2) is 7.89. The summed E-state index contributed by atoms with van der Waals surface area (Å²) in [5, 5.41) is 4.69. The summed E-state index contributed by atoms with van der Waals surface area (Å²) in [5.74, 6) is -1.73. The fraction of sp³-hybridized carbons (Fsp3) is 0.312. The number of halogens is 3. The quantitative estimate of drug-likeness (QED) is 0.771. The largest absolute Gasteiger partial charge is 0.463 e. The highest BCUT2D eigenvalue weighted by Crippen LogP contribution is 2.29. The normalized spacial score (nSPS) is 14.4. The van der Waals surface area contributed by atoms with Crippen LogP contribution in [0.5, 0.6) is 0 Å². The minimum absolute atomic E-state index is 0.00697. The van der Waals surface area contributed by atoms with E-state index in [2.05, 4.69) is 10.6 Å². The van der Waals surface area contributed by atoms with Crippen LogP contribution in [0.3, 0.4) is 0 Å². The molecule has 0 radical (unpaired) electrons. The predicted octanol–water partition coefficient (Wildman–Crippen LogP) is 1.99. The maximum Gasteiger partial charge on any atom is 0.416 e. The van der Waals surface area contributed by atoms with Crippen LogP contribution in [0.25, 0.3) is 0 Å². The number of alkyl halides is 3. The van der Waals surface area contributed by atoms with Crippen LogP contribution < -0.4 is 10.6 Å². The third-order valence-electron chi connectivity index (χ3n) is 3.35. The molecule has 10 heteroatoms. The van der Waals surface area contributed by atoms with Crippen LogP contribution in [0.2, 0.25) is 0 Å². The van der Waals surface area contributed by atoms with Gasteiger partial charge in [0, 0.05) is 0 Å². The van der Waals surface area contributed by atoms with Crippen molar-refractivity contribution in [2.75, 3.05) is 19.8 Å². The maximum atomic E-state index is 12.7. The van der Waals surface area contributed by atoms with Crippen LogP contribution in [-0.4, -0.2) is 37.7 Å². The third-order valence-corrected chi connectivity index (χ3v) is 3.35. The van der Waals surface area contributed by atoms with Crippen molar-refractivity contribution < 1.29 is 37.0 Å². The lowest BCUT2D eigenvalue weighted by Crippen LogP contribution is -2.45. The smallest absolute Gasteiger partial charge is 0.416 e. The van der Waals surface area contributed by atoms with Crippen molar-refractivity contribution >= 4 is 18.0 Å². The molecule has 140 valence electrons. The second-order valence-electron chi connectivity index (χ2n) is 5.14. The number of ether oxygens (including phenoxy) is 2. The van der Waals surface area contributed by atoms with Gasteiger partial charge in [-0.25, -0.2) is 14.4 Å². The van der Waals surface area contributed by atoms with Crippen LogP contribution in [0.1, 0.15) is 22.8 Å². The predicted molar refractivity (Wildman–Crippen MR) is 81.9 cm³/mol. The molecule has 0 bridgehead atoms. The molecule has 2 rings (SSSR count). The number of benzene rings is 1. The van der Waals surface area contributed by atoms with E-state index in [1.807, 2.05) is 0 Å². The molecule has 26 heavy (non-hydrogen) atoms. The highest BCUT2D eigenvalue weighted by molar-refractivity contribution is 5.94. The molecule has 2 N–H and O–H groups in total. The van der Waals surface area contributed by atoms with Crippen molar-refractivity contribution in [2.45, 2.75) is 13.1 Å². The number of urea groups is 1. The molecule has 2 amide bonds. The number of nitrogens with one attached hydrogen (secondary N) is 2. The van der Waals surface area contributed by atoms with Crippen molar-refractivity contribution in [2.24, 2.45) is 0 Å². The second-order valence-corrected chi connectivity index (χ2v) is 5.14. The number of hydrogen-bond donors (Lipinski definition) is 2. The van der Waals surface area contributed by atoms with E-state index in [9.17, 15) is 27.6 Å². The summed E-state index contributed by atoms with van der Waals surface area (Å²) in [5.41, 5.74) is -1.23. The van der Waals surface area contributed by atoms with Gasteiger partial charge < -0.3 is 20.1 Å². The molecule has 0 aromatic heterocycles. The average molecular weight is 372 g/mol. The molecule has 1 aliphatic rings. The molecule has 1 heterocycles. The third kappa shape index (κ3) is 4.74. The van der Waals surface area contributed by atoms with Gasteiger partial charge in [-0.2, -0.15) is 13.2 Å². The topological polar surface area (TPSA) is 93.7 Å². The van der Waals surface area contributed by atoms with Gasteiger partial charge in [-0.05, 0) is 25.1 Å². The lowest BCUT2D eigenvalue weighted by molar-refractivity contribution is -0.139. The minimum Gasteiger partial charge on any atom is -0.463 e. The summed E-state index contributed by atoms with van der Waals surface area (Å²) >= 11 is 0. The van der Waals surface area contributed by atoms with E-state index < -0.39 is 36.3 Å². The lowest BCUT2D eigenvalue weighted by atomic mass is 10.1. The first-order chi connectivity index (χ1) is 12.2. The van der Waals surface area contributed by atoms with Gasteiger partial charge in [0.25, 0.3) is 0 Å². The van der Waals surface area contributed by atoms with Gasteiger partial charge in [0.05, 0.1) is 35.5 Å². The number of rotatable bonds is 5. The monoisotopic (exact) mass is 372 g/mol. The van der Waals surface area contributed by atoms with Crippen LogP contribution >= 0.6 is 0 Å². The van der Waals surface area contributed by atoms with Gasteiger partial charge in [-0.15, -0.1) is 0 Å². The molecular weight excluding hydrogens is 357 g/mol. The van der Waals surface area contributed by atoms with Crippen molar-refractivity contribution in [1.29, 1.82) is 0 Å². The summed E-state index contributed by atoms with van der Waals surface area (Å²) in [7, 11) is 0. The standard InChI is InChI=1S/C16H15F3N2O5/c1-2-25-14(23)11-7-20-15(24)21-12(11)8-26-13(22)9-4-3-5-10(6-9)16(17,18)19/h3-6H,2,7-8H2,1H3,(H2,20,21,24). The highest BCUT2D eigenvalue weighted by Gasteiger charge is 2.31. The number of esters is 2. The van der Waals surface area contributed by atoms with E-state index in [0.29, 0.717) is 6.07 Å². The zero-order valence-corrected chi connectivity index (χ0v) is 13.6. The van der Waals surface area contributed by atoms with Crippen LogP contribution in [0.4, 0.5) is 18.0 Å². The Labute approximate surface area is 146 Å². The number of amides is 2. The van der Waals surface area contributed by atoms with Gasteiger partial charge in [0.2, 0.25) is 0 Å². The molecule has 0 aliphatic carbocycles. The summed E-state index contributed by atoms with van der Waals surface area (Å²) in [6.45, 7) is 1.08. The fourth-order valence-electron chi connectivity index (χ4n) is 2.11. The van der Waals surface area contributed by atoms with Gasteiger partial charge >= 0.3 is 24.1 Å². The van der Waals surface area contributed by atoms with Gasteiger partial charge in [-0.1, -0.05) is 6.07 Å². The van der Waals surface area contributed by atoms with Crippen LogP contribution in [0.15, 0.2) is 35.5 Å². The average Bonchev–Trinajstić information content (AvgIpc) is 2.59. The highest BCUT2D eigenvalue weighted by atomic mass is 19.4. The molecule has 0 saturated heterocycles. The van der Waals surface area contributed by atoms with Crippen molar-refractivity contribution in [3.05, 3.63) is 46.7 Å². The Bertz CT molecular complexity index is 758. The van der Waals surface area contributed by atoms with Crippen LogP contribution in [-0.2, 0) is 20.4 Å². The molecule has 1 aromatic carbocycles. The minimum atomic E-state index is -4.60. The van der Waals surface area contributed by atoms with Gasteiger partial charge in [0.1, 0.15) is 6.61 Å². The number of carbonyl (C=O) groups excluding carboxylic acids is 3. The van der Waals surface area contributed by atoms with Gasteiger partial charge in [0.15, 0.2) is 0 Å². The summed E-state index contributed by atoms with van der Waals surface area (Å²) in [6, 6.07) is 3.12. The molecule has 0 atom stereocenters. The zero-order chi connectivity index (χ0) is 19.3. The van der Waals surface area contributed by atoms with Crippen LogP contribution in [0, 0.1) is 0 Å². The molecule has 0 saturated carbocycles. The summed E-state index contributed by atoms with van der Waals surface area (Å²) in [4.78, 5) is 35.2. The molecular formula is C16H15F3N2O5. The SMILES string of the molecule is CCOC(=O)C1=C(COC(=O)c2cccc(C(F)(F)F)c2)NC(=O)NC1. The van der Waals surface area contributed by atoms with E-state index in [0.717, 1.165) is 12.1 Å². The number of hydrogen-bond acceptors (Lipinski definition) is 5. The Hall–Kier alpha value is -3.04. The molecule has 7 nitrogen and oxygen atoms in total. The Kier molecular flexibility index (Phi) is 5.86. The van der Waals surface area contributed by atoms with Gasteiger partial charge in [-0.3, -0.25) is 0 Å². The maximum absolute atomic E-state index is 12.7. The van der Waals surface area contributed by atoms with E-state index >= 15 is 0 Å². The van der Waals surface area contributed by atoms with E-state index in [1.54, 1.807) is 6.92 Å². The van der Waals surface area contributed by atoms with E-state index in [-0.39, 0.29) is 30.0 Å². The summed E-state index contributed by atoms with van der Waals surface area (Å²) in [6.07, 6.45) is -4.60. The number of carbonyl (C=O) groups is 3. The van der Waals surface area contributed by atoms with Crippen molar-refractivity contribution in [1.82, 2.24) is 10.6 Å². The fourth-order valence-corrected chi connectivity index (χ4v) is 2.11. The Morgan fingerprint density at radius 3 is 2.58 bits per heavy atom. The first-order valence-electron chi connectivity index (χ1n) is 7.50. The Balaban J connectivity index is 2.14. The van der Waals surface area contributed by atoms with E-state index in [4.69, 9.17) is 9.47 Å². The first-order valence-corrected chi connectivity index (χ1v) is 7.50. The van der Waals surface area contributed by atoms with Crippen molar-refractivity contribution in [3.8, 4) is 0 Å². The van der Waals surface area contributed by atoms with E-state index in [1.165, 1.54) is 6.07 Å². The molecule has 1 aromatic rings. The lowest BCUT2D eigenvalue weighted by Gasteiger charge is -2.21. The molecule has 1 aliphatic heterocycles.